The number of amides is 1. The minimum atomic E-state index is -0.950. The maximum Gasteiger partial charge on any atom is 0.273 e. The fourth-order valence-corrected chi connectivity index (χ4v) is 6.11. The van der Waals surface area contributed by atoms with Crippen LogP contribution in [-0.4, -0.2) is 74.5 Å². The number of hydrogen-bond acceptors (Lipinski definition) is 5. The number of aromatic amines is 1. The number of para-hydroxylation sites is 1. The van der Waals surface area contributed by atoms with E-state index in [1.165, 1.54) is 0 Å². The van der Waals surface area contributed by atoms with Gasteiger partial charge in [-0.25, -0.2) is 9.37 Å². The van der Waals surface area contributed by atoms with Crippen LogP contribution in [0.4, 0.5) is 10.1 Å². The molecule has 206 valence electrons. The summed E-state index contributed by atoms with van der Waals surface area (Å²) in [7, 11) is 2.15. The van der Waals surface area contributed by atoms with E-state index < -0.39 is 12.2 Å². The third kappa shape index (κ3) is 4.23. The summed E-state index contributed by atoms with van der Waals surface area (Å²) in [5, 5.41) is 9.80. The van der Waals surface area contributed by atoms with Gasteiger partial charge in [0.15, 0.2) is 5.69 Å². The van der Waals surface area contributed by atoms with Crippen LogP contribution in [0.25, 0.3) is 21.8 Å². The van der Waals surface area contributed by atoms with Crippen LogP contribution in [0, 0.1) is 0 Å². The van der Waals surface area contributed by atoms with Gasteiger partial charge in [-0.3, -0.25) is 9.48 Å². The number of piperazine rings is 1. The molecule has 5 heterocycles. The summed E-state index contributed by atoms with van der Waals surface area (Å²) in [6, 6.07) is 15.7. The molecule has 2 atom stereocenters. The standard InChI is InChI=1S/C30H33FN8O/c1-3-39-25-16-21(37-12-10-36(2)11-13-37)8-9-22(25)27(35-39)30(40)34-28(24-14-19-6-4-5-7-23(19)33-24)29-26-15-20(31)17-38(26)18-32-29/h4-9,14,16,18,20,28,33H,3,10-13,15,17H2,1-2H3,(H,34,40)/t20-,28?/m1/s1. The number of aryl methyl sites for hydroxylation is 1. The number of anilines is 1. The zero-order chi connectivity index (χ0) is 27.4. The first-order valence-corrected chi connectivity index (χ1v) is 14.0. The summed E-state index contributed by atoms with van der Waals surface area (Å²) in [5.74, 6) is -0.287. The molecule has 3 aromatic heterocycles. The van der Waals surface area contributed by atoms with Gasteiger partial charge in [0.05, 0.1) is 24.1 Å². The van der Waals surface area contributed by atoms with Crippen molar-refractivity contribution in [2.45, 2.75) is 38.6 Å². The Labute approximate surface area is 231 Å². The van der Waals surface area contributed by atoms with Gasteiger partial charge in [-0.2, -0.15) is 5.10 Å². The highest BCUT2D eigenvalue weighted by atomic mass is 19.1. The van der Waals surface area contributed by atoms with Crippen molar-refractivity contribution in [3.05, 3.63) is 77.6 Å². The van der Waals surface area contributed by atoms with Crippen molar-refractivity contribution in [1.82, 2.24) is 34.5 Å². The fourth-order valence-electron chi connectivity index (χ4n) is 6.11. The first-order chi connectivity index (χ1) is 19.5. The lowest BCUT2D eigenvalue weighted by Gasteiger charge is -2.34. The molecule has 1 amide bonds. The topological polar surface area (TPSA) is 87.0 Å². The SMILES string of the molecule is CCn1nc(C(=O)NC(c2cc3ccccc3[nH]2)c2ncn3c2C[C@@H](F)C3)c2ccc(N3CCN(C)CC3)cc21. The first-order valence-electron chi connectivity index (χ1n) is 14.0. The number of carbonyl (C=O) groups is 1. The molecule has 0 bridgehead atoms. The lowest BCUT2D eigenvalue weighted by molar-refractivity contribution is 0.0937. The number of nitrogens with zero attached hydrogens (tertiary/aromatic N) is 6. The summed E-state index contributed by atoms with van der Waals surface area (Å²) >= 11 is 0. The Morgan fingerprint density at radius 1 is 1.15 bits per heavy atom. The zero-order valence-electron chi connectivity index (χ0n) is 22.8. The molecule has 10 heteroatoms. The minimum absolute atomic E-state index is 0.282. The van der Waals surface area contributed by atoms with Crippen LogP contribution in [0.15, 0.2) is 54.9 Å². The Morgan fingerprint density at radius 2 is 1.98 bits per heavy atom. The predicted octanol–water partition coefficient (Wildman–Crippen LogP) is 3.90. The number of rotatable bonds is 6. The molecule has 2 N–H and O–H groups in total. The van der Waals surface area contributed by atoms with Gasteiger partial charge in [0.25, 0.3) is 5.91 Å². The molecule has 0 radical (unpaired) electrons. The number of H-pyrrole nitrogens is 1. The van der Waals surface area contributed by atoms with Crippen molar-refractivity contribution in [2.75, 3.05) is 38.1 Å². The van der Waals surface area contributed by atoms with Gasteiger partial charge in [-0.1, -0.05) is 18.2 Å². The number of likely N-dealkylation sites (N-methyl/N-ethyl adjacent to an activating group) is 1. The van der Waals surface area contributed by atoms with Crippen LogP contribution >= 0.6 is 0 Å². The van der Waals surface area contributed by atoms with E-state index >= 15 is 0 Å². The molecule has 0 saturated carbocycles. The fraction of sp³-hybridized carbons (Fsp3) is 0.367. The molecule has 1 fully saturated rings. The second-order valence-electron chi connectivity index (χ2n) is 10.9. The Hall–Kier alpha value is -4.18. The monoisotopic (exact) mass is 540 g/mol. The Morgan fingerprint density at radius 3 is 2.77 bits per heavy atom. The van der Waals surface area contributed by atoms with Crippen LogP contribution < -0.4 is 10.2 Å². The number of halogens is 1. The quantitative estimate of drug-likeness (QED) is 0.341. The van der Waals surface area contributed by atoms with Crippen molar-refractivity contribution in [1.29, 1.82) is 0 Å². The molecular formula is C30H33FN8O. The average Bonchev–Trinajstić information content (AvgIpc) is 3.73. The van der Waals surface area contributed by atoms with E-state index in [4.69, 9.17) is 5.10 Å². The average molecular weight is 541 g/mol. The van der Waals surface area contributed by atoms with E-state index in [2.05, 4.69) is 44.3 Å². The summed E-state index contributed by atoms with van der Waals surface area (Å²) in [4.78, 5) is 26.8. The molecule has 7 rings (SSSR count). The highest BCUT2D eigenvalue weighted by Gasteiger charge is 2.32. The summed E-state index contributed by atoms with van der Waals surface area (Å²) in [5.41, 5.74) is 5.71. The number of carbonyl (C=O) groups excluding carboxylic acids is 1. The molecule has 1 saturated heterocycles. The molecule has 9 nitrogen and oxygen atoms in total. The second-order valence-corrected chi connectivity index (χ2v) is 10.9. The van der Waals surface area contributed by atoms with Crippen LogP contribution in [0.1, 0.15) is 40.5 Å². The molecule has 40 heavy (non-hydrogen) atoms. The third-order valence-electron chi connectivity index (χ3n) is 8.32. The lowest BCUT2D eigenvalue weighted by atomic mass is 10.1. The van der Waals surface area contributed by atoms with E-state index in [-0.39, 0.29) is 18.9 Å². The number of nitrogens with one attached hydrogen (secondary N) is 2. The molecule has 1 unspecified atom stereocenters. The van der Waals surface area contributed by atoms with Crippen molar-refractivity contribution in [3.63, 3.8) is 0 Å². The maximum absolute atomic E-state index is 14.3. The van der Waals surface area contributed by atoms with Crippen LogP contribution in [0.5, 0.6) is 0 Å². The number of benzene rings is 2. The van der Waals surface area contributed by atoms with Gasteiger partial charge in [0.1, 0.15) is 12.2 Å². The van der Waals surface area contributed by atoms with Crippen molar-refractivity contribution in [3.8, 4) is 0 Å². The number of imidazole rings is 1. The van der Waals surface area contributed by atoms with Crippen LogP contribution in [-0.2, 0) is 19.5 Å². The van der Waals surface area contributed by atoms with E-state index in [0.717, 1.165) is 65.1 Å². The number of hydrogen-bond donors (Lipinski definition) is 2. The molecular weight excluding hydrogens is 507 g/mol. The van der Waals surface area contributed by atoms with Gasteiger partial charge < -0.3 is 24.7 Å². The van der Waals surface area contributed by atoms with E-state index in [9.17, 15) is 9.18 Å². The van der Waals surface area contributed by atoms with E-state index in [0.29, 0.717) is 17.9 Å². The predicted molar refractivity (Wildman–Crippen MR) is 154 cm³/mol. The van der Waals surface area contributed by atoms with Crippen molar-refractivity contribution in [2.24, 2.45) is 0 Å². The largest absolute Gasteiger partial charge is 0.369 e. The normalized spacial score (nSPS) is 18.5. The number of alkyl halides is 1. The lowest BCUT2D eigenvalue weighted by Crippen LogP contribution is -2.44. The summed E-state index contributed by atoms with van der Waals surface area (Å²) < 4.78 is 18.1. The second kappa shape index (κ2) is 9.78. The van der Waals surface area contributed by atoms with Crippen molar-refractivity contribution < 1.29 is 9.18 Å². The van der Waals surface area contributed by atoms with Gasteiger partial charge in [-0.15, -0.1) is 0 Å². The molecule has 2 aromatic carbocycles. The van der Waals surface area contributed by atoms with Gasteiger partial charge in [0.2, 0.25) is 0 Å². The van der Waals surface area contributed by atoms with Crippen molar-refractivity contribution >= 4 is 33.4 Å². The Balaban J connectivity index is 1.25. The van der Waals surface area contributed by atoms with E-state index in [1.807, 2.05) is 52.6 Å². The zero-order valence-corrected chi connectivity index (χ0v) is 22.8. The van der Waals surface area contributed by atoms with E-state index in [1.54, 1.807) is 6.33 Å². The highest BCUT2D eigenvalue weighted by molar-refractivity contribution is 6.05. The Kier molecular flexibility index (Phi) is 6.07. The smallest absolute Gasteiger partial charge is 0.273 e. The summed E-state index contributed by atoms with van der Waals surface area (Å²) in [6.07, 6.45) is 1.01. The van der Waals surface area contributed by atoms with Gasteiger partial charge >= 0.3 is 0 Å². The number of aromatic nitrogens is 5. The van der Waals surface area contributed by atoms with Gasteiger partial charge in [-0.05, 0) is 49.7 Å². The first kappa shape index (κ1) is 24.8. The maximum atomic E-state index is 14.3. The molecule has 2 aliphatic rings. The van der Waals surface area contributed by atoms with Crippen LogP contribution in [0.2, 0.25) is 0 Å². The molecule has 5 aromatic rings. The number of fused-ring (bicyclic) bond motifs is 3. The summed E-state index contributed by atoms with van der Waals surface area (Å²) in [6.45, 7) is 6.95. The highest BCUT2D eigenvalue weighted by Crippen LogP contribution is 2.32. The Bertz CT molecular complexity index is 1680. The molecule has 0 aliphatic carbocycles. The molecule has 0 spiro atoms. The van der Waals surface area contributed by atoms with Gasteiger partial charge in [0, 0.05) is 67.1 Å². The minimum Gasteiger partial charge on any atom is -0.369 e. The molecule has 2 aliphatic heterocycles. The third-order valence-corrected chi connectivity index (χ3v) is 8.32. The van der Waals surface area contributed by atoms with Crippen LogP contribution in [0.3, 0.4) is 0 Å².